The summed E-state index contributed by atoms with van der Waals surface area (Å²) >= 11 is 1.09. The number of β-lactam (4-membered cyclic amide) rings is 1. The van der Waals surface area contributed by atoms with E-state index in [0.29, 0.717) is 5.69 Å². The van der Waals surface area contributed by atoms with Crippen molar-refractivity contribution >= 4 is 52.9 Å². The van der Waals surface area contributed by atoms with Gasteiger partial charge in [-0.15, -0.1) is 11.8 Å². The van der Waals surface area contributed by atoms with Crippen LogP contribution in [0.5, 0.6) is 5.75 Å². The number of pyridine rings is 2. The molecule has 2 fully saturated rings. The number of amides is 4. The molecule has 3 aromatic rings. The van der Waals surface area contributed by atoms with Crippen molar-refractivity contribution in [3.8, 4) is 5.75 Å². The molecule has 2 aliphatic rings. The second-order valence-electron chi connectivity index (χ2n) is 10.4. The van der Waals surface area contributed by atoms with Crippen LogP contribution in [-0.4, -0.2) is 77.0 Å². The Bertz CT molecular complexity index is 1710. The molecule has 1 unspecified atom stereocenters. The number of phenolic OH excluding ortho intramolecular Hbond substituents is 1. The largest absolute Gasteiger partial charge is 0.508 e. The van der Waals surface area contributed by atoms with Crippen LogP contribution in [0.3, 0.4) is 0 Å². The first-order valence-corrected chi connectivity index (χ1v) is 13.6. The van der Waals surface area contributed by atoms with E-state index in [9.17, 15) is 39.0 Å². The highest BCUT2D eigenvalue weighted by Crippen LogP contribution is 2.55. The minimum absolute atomic E-state index is 0.0971. The van der Waals surface area contributed by atoms with Crippen LogP contribution in [0.15, 0.2) is 47.4 Å². The maximum atomic E-state index is 13.6. The highest BCUT2D eigenvalue weighted by atomic mass is 32.2. The van der Waals surface area contributed by atoms with Crippen LogP contribution < -0.4 is 21.4 Å². The van der Waals surface area contributed by atoms with E-state index in [-0.39, 0.29) is 34.3 Å². The summed E-state index contributed by atoms with van der Waals surface area (Å²) in [5.41, 5.74) is -1.75. The van der Waals surface area contributed by atoms with Gasteiger partial charge in [-0.05, 0) is 50.6 Å². The van der Waals surface area contributed by atoms with Gasteiger partial charge in [0.25, 0.3) is 11.8 Å². The molecule has 14 nitrogen and oxygen atoms in total. The molecule has 0 bridgehead atoms. The fraction of sp³-hybridized carbons (Fsp3) is 0.296. The molecule has 6 N–H and O–H groups in total. The van der Waals surface area contributed by atoms with E-state index in [2.05, 4.69) is 25.9 Å². The van der Waals surface area contributed by atoms with E-state index >= 15 is 0 Å². The number of carbonyl (C=O) groups excluding carboxylic acids is 4. The lowest BCUT2D eigenvalue weighted by Crippen LogP contribution is -2.79. The third-order valence-corrected chi connectivity index (χ3v) is 9.06. The Hall–Kier alpha value is -4.92. The number of carboxylic acid groups (broad SMARTS) is 1. The number of aromatic hydroxyl groups is 1. The molecule has 0 radical (unpaired) electrons. The summed E-state index contributed by atoms with van der Waals surface area (Å²) in [7, 11) is 0. The first-order chi connectivity index (χ1) is 19.8. The fourth-order valence-electron chi connectivity index (χ4n) is 5.28. The average Bonchev–Trinajstić information content (AvgIpc) is 3.15. The molecule has 4 atom stereocenters. The lowest BCUT2D eigenvalue weighted by atomic mass is 9.88. The summed E-state index contributed by atoms with van der Waals surface area (Å²) in [6.07, 6.45) is 1.40. The molecule has 2 aromatic heterocycles. The summed E-state index contributed by atoms with van der Waals surface area (Å²) in [6.45, 7) is 4.87. The molecule has 218 valence electrons. The van der Waals surface area contributed by atoms with Crippen molar-refractivity contribution in [3.63, 3.8) is 0 Å². The van der Waals surface area contributed by atoms with Gasteiger partial charge < -0.3 is 31.1 Å². The van der Waals surface area contributed by atoms with Crippen molar-refractivity contribution in [2.24, 2.45) is 0 Å². The molecule has 4 amide bonds. The topological polar surface area (TPSA) is 211 Å². The summed E-state index contributed by atoms with van der Waals surface area (Å²) < 4.78 is -1.17. The lowest BCUT2D eigenvalue weighted by Gasteiger charge is -2.49. The monoisotopic (exact) mass is 594 g/mol. The number of benzene rings is 1. The second kappa shape index (κ2) is 10.2. The van der Waals surface area contributed by atoms with Gasteiger partial charge in [-0.2, -0.15) is 0 Å². The molecule has 0 spiro atoms. The van der Waals surface area contributed by atoms with E-state index in [1.165, 1.54) is 36.5 Å². The number of carboxylic acids is 1. The van der Waals surface area contributed by atoms with Gasteiger partial charge in [0.15, 0.2) is 0 Å². The van der Waals surface area contributed by atoms with Crippen molar-refractivity contribution in [1.82, 2.24) is 30.8 Å². The SMILES string of the molecule is Cc1ccc2c(=O)c(C(=O)NC(C(=O)N[C@H]3C(=O)N4[C@@H]3SC(C)(C)[C@]4(NC=O)C(=O)O)c3ccc(O)cc3)c[nH]c2n1. The average molecular weight is 595 g/mol. The highest BCUT2D eigenvalue weighted by molar-refractivity contribution is 8.01. The zero-order chi connectivity index (χ0) is 30.6. The third-order valence-electron chi connectivity index (χ3n) is 7.45. The quantitative estimate of drug-likeness (QED) is 0.153. The maximum absolute atomic E-state index is 13.6. The van der Waals surface area contributed by atoms with Gasteiger partial charge in [0, 0.05) is 11.9 Å². The molecule has 0 aliphatic carbocycles. The van der Waals surface area contributed by atoms with Crippen molar-refractivity contribution in [1.29, 1.82) is 0 Å². The van der Waals surface area contributed by atoms with Crippen molar-refractivity contribution in [2.75, 3.05) is 0 Å². The summed E-state index contributed by atoms with van der Waals surface area (Å²) in [6, 6.07) is 5.95. The zero-order valence-electron chi connectivity index (χ0n) is 22.5. The van der Waals surface area contributed by atoms with E-state index in [0.717, 1.165) is 16.7 Å². The van der Waals surface area contributed by atoms with Crippen LogP contribution in [0, 0.1) is 6.92 Å². The zero-order valence-corrected chi connectivity index (χ0v) is 23.3. The number of aryl methyl sites for hydroxylation is 1. The van der Waals surface area contributed by atoms with Crippen LogP contribution in [-0.2, 0) is 19.2 Å². The Morgan fingerprint density at radius 3 is 2.48 bits per heavy atom. The van der Waals surface area contributed by atoms with E-state index < -0.39 is 57.0 Å². The number of hydrogen-bond donors (Lipinski definition) is 6. The van der Waals surface area contributed by atoms with Crippen LogP contribution in [0.1, 0.15) is 41.5 Å². The van der Waals surface area contributed by atoms with Gasteiger partial charge in [0.1, 0.15) is 34.4 Å². The van der Waals surface area contributed by atoms with Gasteiger partial charge in [-0.25, -0.2) is 9.78 Å². The van der Waals surface area contributed by atoms with Crippen LogP contribution in [0.25, 0.3) is 11.0 Å². The number of fused-ring (bicyclic) bond motifs is 2. The van der Waals surface area contributed by atoms with Gasteiger partial charge in [0.2, 0.25) is 23.4 Å². The number of H-pyrrole nitrogens is 1. The van der Waals surface area contributed by atoms with Crippen LogP contribution in [0.4, 0.5) is 0 Å². The van der Waals surface area contributed by atoms with Crippen LogP contribution in [0.2, 0.25) is 0 Å². The number of nitrogens with zero attached hydrogens (tertiary/aromatic N) is 2. The number of aromatic nitrogens is 2. The minimum atomic E-state index is -2.04. The number of nitrogens with one attached hydrogen (secondary N) is 4. The summed E-state index contributed by atoms with van der Waals surface area (Å²) in [4.78, 5) is 84.8. The van der Waals surface area contributed by atoms with E-state index in [1.807, 2.05) is 0 Å². The summed E-state index contributed by atoms with van der Waals surface area (Å²) in [5.74, 6) is -3.98. The lowest BCUT2D eigenvalue weighted by molar-refractivity contribution is -0.175. The van der Waals surface area contributed by atoms with Gasteiger partial charge in [0.05, 0.1) is 10.1 Å². The minimum Gasteiger partial charge on any atom is -0.508 e. The summed E-state index contributed by atoms with van der Waals surface area (Å²) in [5, 5.41) is 26.5. The third kappa shape index (κ3) is 4.32. The number of hydrogen-bond acceptors (Lipinski definition) is 9. The number of carbonyl (C=O) groups is 5. The number of aromatic amines is 1. The fourth-order valence-corrected chi connectivity index (χ4v) is 6.99. The standard InChI is InChI=1S/C27H26N6O8S/c1-12-4-9-15-19(36)16(10-28-20(15)30-12)21(37)31-17(13-5-7-14(35)8-6-13)22(38)32-18-23(39)33-24(18)42-26(2,3)27(33,25(40)41)29-11-34/h4-11,17-18,24,35H,1-3H3,(H,29,34)(H,31,37)(H,32,38)(H,40,41)(H,28,30,36)/t17?,18-,24+,27-/m0/s1. The smallest absolute Gasteiger partial charge is 0.352 e. The predicted octanol–water partition coefficient (Wildman–Crippen LogP) is 0.114. The second-order valence-corrected chi connectivity index (χ2v) is 12.1. The number of phenols is 1. The Kier molecular flexibility index (Phi) is 6.92. The van der Waals surface area contributed by atoms with Crippen molar-refractivity contribution in [2.45, 2.75) is 48.6 Å². The predicted molar refractivity (Wildman–Crippen MR) is 149 cm³/mol. The molecule has 0 saturated carbocycles. The highest BCUT2D eigenvalue weighted by Gasteiger charge is 2.73. The Labute approximate surface area is 241 Å². The molecule has 1 aromatic carbocycles. The Morgan fingerprint density at radius 2 is 1.83 bits per heavy atom. The normalized spacial score (nSPS) is 22.9. The van der Waals surface area contributed by atoms with E-state index in [1.54, 1.807) is 26.8 Å². The molecule has 5 rings (SSSR count). The molecular formula is C27H26N6O8S. The molecular weight excluding hydrogens is 568 g/mol. The first-order valence-electron chi connectivity index (χ1n) is 12.7. The van der Waals surface area contributed by atoms with Crippen molar-refractivity contribution in [3.05, 3.63) is 69.6 Å². The van der Waals surface area contributed by atoms with Crippen LogP contribution >= 0.6 is 11.8 Å². The molecule has 42 heavy (non-hydrogen) atoms. The molecule has 2 saturated heterocycles. The van der Waals surface area contributed by atoms with Gasteiger partial charge in [-0.3, -0.25) is 28.9 Å². The Morgan fingerprint density at radius 1 is 1.14 bits per heavy atom. The Balaban J connectivity index is 1.43. The molecule has 15 heteroatoms. The van der Waals surface area contributed by atoms with Gasteiger partial charge >= 0.3 is 5.97 Å². The van der Waals surface area contributed by atoms with Gasteiger partial charge in [-0.1, -0.05) is 12.1 Å². The maximum Gasteiger partial charge on any atom is 0.352 e. The molecule has 2 aliphatic heterocycles. The number of rotatable bonds is 8. The van der Waals surface area contributed by atoms with E-state index in [4.69, 9.17) is 0 Å². The number of thioether (sulfide) groups is 1. The molecule has 4 heterocycles. The number of aliphatic carboxylic acids is 1. The first kappa shape index (κ1) is 28.6. The van der Waals surface area contributed by atoms with Crippen molar-refractivity contribution < 1.29 is 34.2 Å².